The van der Waals surface area contributed by atoms with E-state index in [9.17, 15) is 4.79 Å². The fourth-order valence-corrected chi connectivity index (χ4v) is 2.87. The first kappa shape index (κ1) is 15.0. The first-order valence-corrected chi connectivity index (χ1v) is 8.15. The van der Waals surface area contributed by atoms with Crippen LogP contribution in [-0.2, 0) is 10.2 Å². The smallest absolute Gasteiger partial charge is 0.236 e. The van der Waals surface area contributed by atoms with Gasteiger partial charge in [0.25, 0.3) is 0 Å². The molecule has 0 atom stereocenters. The van der Waals surface area contributed by atoms with E-state index in [1.165, 1.54) is 0 Å². The fraction of sp³-hybridized carbons (Fsp3) is 0.158. The van der Waals surface area contributed by atoms with Gasteiger partial charge in [0.1, 0.15) is 0 Å². The summed E-state index contributed by atoms with van der Waals surface area (Å²) in [6, 6.07) is 18.6. The van der Waals surface area contributed by atoms with Crippen molar-refractivity contribution >= 4 is 23.2 Å². The van der Waals surface area contributed by atoms with Crippen molar-refractivity contribution in [3.8, 4) is 11.3 Å². The maximum absolute atomic E-state index is 12.7. The van der Waals surface area contributed by atoms with Gasteiger partial charge >= 0.3 is 0 Å². The van der Waals surface area contributed by atoms with Crippen LogP contribution in [0.2, 0.25) is 5.02 Å². The summed E-state index contributed by atoms with van der Waals surface area (Å²) in [6.07, 6.45) is 1.55. The van der Waals surface area contributed by atoms with Gasteiger partial charge in [-0.3, -0.25) is 4.79 Å². The molecule has 1 aromatic heterocycles. The summed E-state index contributed by atoms with van der Waals surface area (Å²) in [6.45, 7) is 0. The first-order chi connectivity index (χ1) is 11.7. The van der Waals surface area contributed by atoms with Crippen molar-refractivity contribution in [3.05, 3.63) is 71.4 Å². The Kier molecular flexibility index (Phi) is 3.62. The number of anilines is 1. The minimum absolute atomic E-state index is 0.0374. The van der Waals surface area contributed by atoms with E-state index in [1.54, 1.807) is 12.1 Å². The summed E-state index contributed by atoms with van der Waals surface area (Å²) in [7, 11) is 0. The molecule has 0 bridgehead atoms. The Morgan fingerprint density at radius 1 is 1.08 bits per heavy atom. The Balaban J connectivity index is 1.57. The van der Waals surface area contributed by atoms with Crippen molar-refractivity contribution in [2.24, 2.45) is 0 Å². The van der Waals surface area contributed by atoms with E-state index in [0.717, 1.165) is 24.1 Å². The summed E-state index contributed by atoms with van der Waals surface area (Å²) >= 11 is 5.91. The number of rotatable bonds is 4. The highest BCUT2D eigenvalue weighted by Gasteiger charge is 2.53. The molecule has 4 rings (SSSR count). The largest absolute Gasteiger partial charge is 0.356 e. The molecule has 2 aromatic carbocycles. The Hall–Kier alpha value is -2.59. The molecule has 0 aliphatic heterocycles. The van der Waals surface area contributed by atoms with Crippen LogP contribution in [0.1, 0.15) is 18.5 Å². The number of nitrogens with zero attached hydrogens (tertiary/aromatic N) is 1. The van der Waals surface area contributed by atoms with Gasteiger partial charge in [0.05, 0.1) is 11.1 Å². The molecule has 0 radical (unpaired) electrons. The minimum atomic E-state index is -0.579. The second-order valence-corrected chi connectivity index (χ2v) is 6.42. The zero-order valence-electron chi connectivity index (χ0n) is 12.8. The molecule has 3 aromatic rings. The van der Waals surface area contributed by atoms with Crippen LogP contribution >= 0.6 is 11.6 Å². The van der Waals surface area contributed by atoms with Gasteiger partial charge in [0, 0.05) is 22.3 Å². The lowest BCUT2D eigenvalue weighted by molar-refractivity contribution is -0.118. The third kappa shape index (κ3) is 2.69. The van der Waals surface area contributed by atoms with E-state index < -0.39 is 5.41 Å². The molecule has 1 aliphatic rings. The molecule has 0 unspecified atom stereocenters. The molecule has 5 heteroatoms. The van der Waals surface area contributed by atoms with Gasteiger partial charge in [-0.2, -0.15) is 0 Å². The monoisotopic (exact) mass is 338 g/mol. The summed E-state index contributed by atoms with van der Waals surface area (Å²) in [5, 5.41) is 7.77. The zero-order valence-corrected chi connectivity index (χ0v) is 13.6. The van der Waals surface area contributed by atoms with Crippen molar-refractivity contribution in [3.63, 3.8) is 0 Å². The molecule has 1 N–H and O–H groups in total. The van der Waals surface area contributed by atoms with E-state index in [0.29, 0.717) is 16.5 Å². The lowest BCUT2D eigenvalue weighted by atomic mass is 10.00. The van der Waals surface area contributed by atoms with Crippen molar-refractivity contribution in [1.82, 2.24) is 5.16 Å². The lowest BCUT2D eigenvalue weighted by Crippen LogP contribution is -2.28. The number of amides is 1. The number of aromatic nitrogens is 1. The number of benzene rings is 2. The van der Waals surface area contributed by atoms with Gasteiger partial charge in [0.2, 0.25) is 5.91 Å². The summed E-state index contributed by atoms with van der Waals surface area (Å²) < 4.78 is 5.44. The predicted octanol–water partition coefficient (Wildman–Crippen LogP) is 4.67. The second kappa shape index (κ2) is 5.80. The summed E-state index contributed by atoms with van der Waals surface area (Å²) in [5.41, 5.74) is 1.78. The number of hydrogen-bond donors (Lipinski definition) is 1. The van der Waals surface area contributed by atoms with Crippen LogP contribution in [0.4, 0.5) is 5.69 Å². The highest BCUT2D eigenvalue weighted by molar-refractivity contribution is 6.30. The van der Waals surface area contributed by atoms with E-state index >= 15 is 0 Å². The maximum Gasteiger partial charge on any atom is 0.236 e. The van der Waals surface area contributed by atoms with Crippen LogP contribution < -0.4 is 5.32 Å². The van der Waals surface area contributed by atoms with Crippen LogP contribution in [0.3, 0.4) is 0 Å². The van der Waals surface area contributed by atoms with E-state index in [2.05, 4.69) is 10.5 Å². The molecule has 1 aliphatic carbocycles. The van der Waals surface area contributed by atoms with Crippen LogP contribution in [0.25, 0.3) is 11.3 Å². The van der Waals surface area contributed by atoms with E-state index in [1.807, 2.05) is 48.5 Å². The number of carbonyl (C=O) groups excluding carboxylic acids is 1. The Morgan fingerprint density at radius 2 is 1.79 bits per heavy atom. The number of halogens is 1. The molecule has 4 nitrogen and oxygen atoms in total. The molecule has 0 saturated heterocycles. The molecular formula is C19H15ClN2O2. The molecule has 0 spiro atoms. The molecule has 1 amide bonds. The summed E-state index contributed by atoms with van der Waals surface area (Å²) in [4.78, 5) is 12.7. The van der Waals surface area contributed by atoms with E-state index in [-0.39, 0.29) is 5.91 Å². The van der Waals surface area contributed by atoms with Crippen LogP contribution in [0, 0.1) is 0 Å². The average molecular weight is 339 g/mol. The Labute approximate surface area is 144 Å². The normalized spacial score (nSPS) is 15.0. The second-order valence-electron chi connectivity index (χ2n) is 5.99. The van der Waals surface area contributed by atoms with Gasteiger partial charge < -0.3 is 9.84 Å². The number of hydrogen-bond acceptors (Lipinski definition) is 3. The minimum Gasteiger partial charge on any atom is -0.356 e. The number of para-hydroxylation sites is 1. The lowest BCUT2D eigenvalue weighted by Gasteiger charge is -2.12. The van der Waals surface area contributed by atoms with Crippen LogP contribution in [0.15, 0.2) is 65.2 Å². The molecule has 1 fully saturated rings. The SMILES string of the molecule is O=C(Nc1ccccc1)C1(c2cc(-c3ccc(Cl)cc3)on2)CC1. The van der Waals surface area contributed by atoms with Crippen LogP contribution in [0.5, 0.6) is 0 Å². The molecule has 120 valence electrons. The third-order valence-electron chi connectivity index (χ3n) is 4.35. The quantitative estimate of drug-likeness (QED) is 0.752. The zero-order chi connectivity index (χ0) is 16.6. The van der Waals surface area contributed by atoms with E-state index in [4.69, 9.17) is 16.1 Å². The topological polar surface area (TPSA) is 55.1 Å². The molecule has 1 heterocycles. The Bertz CT molecular complexity index is 868. The molecule has 1 saturated carbocycles. The number of carbonyl (C=O) groups is 1. The van der Waals surface area contributed by atoms with Gasteiger partial charge in [-0.1, -0.05) is 35.0 Å². The molecule has 24 heavy (non-hydrogen) atoms. The summed E-state index contributed by atoms with van der Waals surface area (Å²) in [5.74, 6) is 0.602. The van der Waals surface area contributed by atoms with Crippen LogP contribution in [-0.4, -0.2) is 11.1 Å². The molecular weight excluding hydrogens is 324 g/mol. The van der Waals surface area contributed by atoms with Gasteiger partial charge in [-0.15, -0.1) is 0 Å². The van der Waals surface area contributed by atoms with Crippen molar-refractivity contribution in [1.29, 1.82) is 0 Å². The standard InChI is InChI=1S/C19H15ClN2O2/c20-14-8-6-13(7-9-14)16-12-17(22-24-16)19(10-11-19)18(23)21-15-4-2-1-3-5-15/h1-9,12H,10-11H2,(H,21,23). The van der Waals surface area contributed by atoms with Crippen molar-refractivity contribution in [2.75, 3.05) is 5.32 Å². The highest BCUT2D eigenvalue weighted by atomic mass is 35.5. The third-order valence-corrected chi connectivity index (χ3v) is 4.60. The van der Waals surface area contributed by atoms with Gasteiger partial charge in [0.15, 0.2) is 5.76 Å². The number of nitrogens with one attached hydrogen (secondary N) is 1. The maximum atomic E-state index is 12.7. The first-order valence-electron chi connectivity index (χ1n) is 7.77. The fourth-order valence-electron chi connectivity index (χ4n) is 2.75. The van der Waals surface area contributed by atoms with Crippen molar-refractivity contribution < 1.29 is 9.32 Å². The Morgan fingerprint density at radius 3 is 2.46 bits per heavy atom. The highest BCUT2D eigenvalue weighted by Crippen LogP contribution is 2.49. The average Bonchev–Trinajstić information content (AvgIpc) is 3.27. The van der Waals surface area contributed by atoms with Crippen molar-refractivity contribution in [2.45, 2.75) is 18.3 Å². The van der Waals surface area contributed by atoms with Gasteiger partial charge in [-0.25, -0.2) is 0 Å². The van der Waals surface area contributed by atoms with Gasteiger partial charge in [-0.05, 0) is 49.2 Å². The predicted molar refractivity (Wildman–Crippen MR) is 92.9 cm³/mol.